The molecule has 1 aromatic rings. The Kier molecular flexibility index (Phi) is 2.62. The highest BCUT2D eigenvalue weighted by molar-refractivity contribution is 9.10. The van der Waals surface area contributed by atoms with Gasteiger partial charge in [0.2, 0.25) is 0 Å². The van der Waals surface area contributed by atoms with Crippen molar-refractivity contribution in [2.45, 2.75) is 13.5 Å². The van der Waals surface area contributed by atoms with Gasteiger partial charge in [0.25, 0.3) is 0 Å². The number of aryl methyl sites for hydroxylation is 1. The molecule has 0 fully saturated rings. The lowest BCUT2D eigenvalue weighted by Gasteiger charge is -2.02. The van der Waals surface area contributed by atoms with E-state index in [0.29, 0.717) is 15.6 Å². The van der Waals surface area contributed by atoms with Crippen LogP contribution in [-0.2, 0) is 6.61 Å². The van der Waals surface area contributed by atoms with Crippen molar-refractivity contribution in [2.24, 2.45) is 0 Å². The minimum atomic E-state index is -0.255. The number of aliphatic hydroxyl groups is 1. The minimum absolute atomic E-state index is 0.0678. The van der Waals surface area contributed by atoms with E-state index in [-0.39, 0.29) is 12.4 Å². The zero-order valence-corrected chi connectivity index (χ0v) is 7.65. The summed E-state index contributed by atoms with van der Waals surface area (Å²) < 4.78 is 13.4. The number of aliphatic hydroxyl groups excluding tert-OH is 1. The van der Waals surface area contributed by atoms with Gasteiger partial charge in [-0.05, 0) is 30.2 Å². The molecule has 0 amide bonds. The van der Waals surface area contributed by atoms with E-state index in [1.165, 1.54) is 6.07 Å². The summed E-state index contributed by atoms with van der Waals surface area (Å²) in [5, 5.41) is 8.78. The molecule has 60 valence electrons. The monoisotopic (exact) mass is 218 g/mol. The maximum Gasteiger partial charge on any atom is 0.127 e. The first kappa shape index (κ1) is 8.68. The van der Waals surface area contributed by atoms with Gasteiger partial charge in [-0.3, -0.25) is 0 Å². The Morgan fingerprint density at radius 3 is 2.73 bits per heavy atom. The van der Waals surface area contributed by atoms with E-state index < -0.39 is 0 Å². The van der Waals surface area contributed by atoms with E-state index >= 15 is 0 Å². The molecule has 0 unspecified atom stereocenters. The Hall–Kier alpha value is -0.410. The summed E-state index contributed by atoms with van der Waals surface area (Å²) in [6.07, 6.45) is 0. The summed E-state index contributed by atoms with van der Waals surface area (Å²) in [6.45, 7) is 1.60. The van der Waals surface area contributed by atoms with E-state index in [1.807, 2.05) is 0 Å². The second kappa shape index (κ2) is 3.32. The molecule has 0 radical (unpaired) electrons. The van der Waals surface area contributed by atoms with Crippen LogP contribution in [0.25, 0.3) is 0 Å². The Balaban J connectivity index is 3.21. The van der Waals surface area contributed by atoms with Crippen LogP contribution in [0.5, 0.6) is 0 Å². The Bertz CT molecular complexity index is 273. The fourth-order valence-corrected chi connectivity index (χ4v) is 1.28. The number of hydrogen-bond donors (Lipinski definition) is 1. The van der Waals surface area contributed by atoms with Gasteiger partial charge in [-0.15, -0.1) is 0 Å². The molecule has 11 heavy (non-hydrogen) atoms. The van der Waals surface area contributed by atoms with E-state index in [1.54, 1.807) is 13.0 Å². The molecular formula is C8H8BrFO. The molecule has 0 spiro atoms. The molecule has 1 rings (SSSR count). The average molecular weight is 219 g/mol. The number of halogens is 2. The fourth-order valence-electron chi connectivity index (χ4n) is 0.838. The molecule has 3 heteroatoms. The summed E-state index contributed by atoms with van der Waals surface area (Å²) in [5.74, 6) is -0.255. The van der Waals surface area contributed by atoms with Crippen molar-refractivity contribution >= 4 is 15.9 Å². The summed E-state index contributed by atoms with van der Waals surface area (Å²) in [6, 6.07) is 2.99. The van der Waals surface area contributed by atoms with Crippen LogP contribution in [0.1, 0.15) is 11.1 Å². The molecule has 0 aliphatic heterocycles. The van der Waals surface area contributed by atoms with Crippen LogP contribution in [0, 0.1) is 12.7 Å². The van der Waals surface area contributed by atoms with Gasteiger partial charge in [0, 0.05) is 4.47 Å². The molecule has 0 bridgehead atoms. The molecule has 0 saturated carbocycles. The SMILES string of the molecule is Cc1cc(CO)c(Br)cc1F. The molecule has 0 atom stereocenters. The van der Waals surface area contributed by atoms with E-state index in [2.05, 4.69) is 15.9 Å². The number of benzene rings is 1. The predicted octanol–water partition coefficient (Wildman–Crippen LogP) is 2.39. The van der Waals surface area contributed by atoms with Crippen LogP contribution in [0.3, 0.4) is 0 Å². The van der Waals surface area contributed by atoms with Crippen molar-refractivity contribution < 1.29 is 9.50 Å². The molecule has 0 saturated heterocycles. The third kappa shape index (κ3) is 1.79. The van der Waals surface area contributed by atoms with Gasteiger partial charge in [-0.25, -0.2) is 4.39 Å². The van der Waals surface area contributed by atoms with Crippen LogP contribution >= 0.6 is 15.9 Å². The summed E-state index contributed by atoms with van der Waals surface area (Å²) in [5.41, 5.74) is 1.26. The van der Waals surface area contributed by atoms with Gasteiger partial charge in [0.05, 0.1) is 6.61 Å². The van der Waals surface area contributed by atoms with Gasteiger partial charge in [-0.2, -0.15) is 0 Å². The van der Waals surface area contributed by atoms with Crippen LogP contribution < -0.4 is 0 Å². The average Bonchev–Trinajstić information content (AvgIpc) is 1.97. The van der Waals surface area contributed by atoms with Gasteiger partial charge >= 0.3 is 0 Å². The lowest BCUT2D eigenvalue weighted by Crippen LogP contribution is -1.89. The molecule has 0 heterocycles. The maximum atomic E-state index is 12.8. The van der Waals surface area contributed by atoms with Crippen LogP contribution in [0.15, 0.2) is 16.6 Å². The Morgan fingerprint density at radius 1 is 1.55 bits per heavy atom. The van der Waals surface area contributed by atoms with Gasteiger partial charge in [0.1, 0.15) is 5.82 Å². The zero-order chi connectivity index (χ0) is 8.43. The third-order valence-corrected chi connectivity index (χ3v) is 2.24. The molecule has 0 aliphatic carbocycles. The van der Waals surface area contributed by atoms with E-state index in [4.69, 9.17) is 5.11 Å². The smallest absolute Gasteiger partial charge is 0.127 e. The second-order valence-electron chi connectivity index (χ2n) is 2.35. The van der Waals surface area contributed by atoms with E-state index in [9.17, 15) is 4.39 Å². The normalized spacial score (nSPS) is 10.2. The van der Waals surface area contributed by atoms with Crippen molar-refractivity contribution in [1.29, 1.82) is 0 Å². The highest BCUT2D eigenvalue weighted by Gasteiger charge is 2.03. The van der Waals surface area contributed by atoms with Crippen molar-refractivity contribution in [1.82, 2.24) is 0 Å². The van der Waals surface area contributed by atoms with E-state index in [0.717, 1.165) is 0 Å². The van der Waals surface area contributed by atoms with Crippen LogP contribution in [0.4, 0.5) is 4.39 Å². The fraction of sp³-hybridized carbons (Fsp3) is 0.250. The lowest BCUT2D eigenvalue weighted by atomic mass is 10.1. The number of hydrogen-bond acceptors (Lipinski definition) is 1. The zero-order valence-electron chi connectivity index (χ0n) is 6.06. The molecule has 0 aromatic heterocycles. The van der Waals surface area contributed by atoms with Gasteiger partial charge in [0.15, 0.2) is 0 Å². The molecule has 1 N–H and O–H groups in total. The van der Waals surface area contributed by atoms with Crippen LogP contribution in [-0.4, -0.2) is 5.11 Å². The summed E-state index contributed by atoms with van der Waals surface area (Å²) >= 11 is 3.14. The lowest BCUT2D eigenvalue weighted by molar-refractivity contribution is 0.281. The summed E-state index contributed by atoms with van der Waals surface area (Å²) in [4.78, 5) is 0. The van der Waals surface area contributed by atoms with Crippen molar-refractivity contribution in [2.75, 3.05) is 0 Å². The second-order valence-corrected chi connectivity index (χ2v) is 3.21. The molecular weight excluding hydrogens is 211 g/mol. The largest absolute Gasteiger partial charge is 0.392 e. The maximum absolute atomic E-state index is 12.8. The van der Waals surface area contributed by atoms with Crippen molar-refractivity contribution in [3.63, 3.8) is 0 Å². The third-order valence-electron chi connectivity index (χ3n) is 1.50. The molecule has 1 nitrogen and oxygen atoms in total. The first-order valence-electron chi connectivity index (χ1n) is 3.20. The van der Waals surface area contributed by atoms with Gasteiger partial charge < -0.3 is 5.11 Å². The predicted molar refractivity (Wildman–Crippen MR) is 44.8 cm³/mol. The highest BCUT2D eigenvalue weighted by Crippen LogP contribution is 2.20. The van der Waals surface area contributed by atoms with Crippen molar-refractivity contribution in [3.05, 3.63) is 33.5 Å². The first-order chi connectivity index (χ1) is 5.15. The molecule has 1 aromatic carbocycles. The standard InChI is InChI=1S/C8H8BrFO/c1-5-2-6(4-11)7(9)3-8(5)10/h2-3,11H,4H2,1H3. The van der Waals surface area contributed by atoms with Crippen LogP contribution in [0.2, 0.25) is 0 Å². The summed E-state index contributed by atoms with van der Waals surface area (Å²) in [7, 11) is 0. The first-order valence-corrected chi connectivity index (χ1v) is 4.00. The number of rotatable bonds is 1. The Morgan fingerprint density at radius 2 is 2.18 bits per heavy atom. The topological polar surface area (TPSA) is 20.2 Å². The van der Waals surface area contributed by atoms with Crippen molar-refractivity contribution in [3.8, 4) is 0 Å². The highest BCUT2D eigenvalue weighted by atomic mass is 79.9. The minimum Gasteiger partial charge on any atom is -0.392 e. The Labute approximate surface area is 73.0 Å². The molecule has 0 aliphatic rings. The van der Waals surface area contributed by atoms with Gasteiger partial charge in [-0.1, -0.05) is 15.9 Å². The quantitative estimate of drug-likeness (QED) is 0.768.